The fourth-order valence-corrected chi connectivity index (χ4v) is 1.99. The average Bonchev–Trinajstić information content (AvgIpc) is 2.18. The van der Waals surface area contributed by atoms with Gasteiger partial charge in [0.15, 0.2) is 0 Å². The monoisotopic (exact) mass is 220 g/mol. The zero-order valence-electron chi connectivity index (χ0n) is 10.3. The first kappa shape index (κ1) is 11.4. The summed E-state index contributed by atoms with van der Waals surface area (Å²) in [5, 5.41) is 3.36. The lowest BCUT2D eigenvalue weighted by Gasteiger charge is -2.33. The molecular weight excluding hydrogens is 200 g/mol. The van der Waals surface area contributed by atoms with Gasteiger partial charge in [-0.25, -0.2) is 0 Å². The molecule has 3 nitrogen and oxygen atoms in total. The third kappa shape index (κ3) is 2.35. The zero-order chi connectivity index (χ0) is 11.5. The summed E-state index contributed by atoms with van der Waals surface area (Å²) in [6, 6.07) is 2.61. The van der Waals surface area contributed by atoms with Crippen molar-refractivity contribution in [2.24, 2.45) is 0 Å². The lowest BCUT2D eigenvalue weighted by atomic mass is 10.0. The quantitative estimate of drug-likeness (QED) is 0.843. The van der Waals surface area contributed by atoms with Crippen LogP contribution in [0.4, 0.5) is 0 Å². The molecule has 2 heterocycles. The molecule has 0 spiro atoms. The molecule has 1 unspecified atom stereocenters. The van der Waals surface area contributed by atoms with E-state index in [9.17, 15) is 0 Å². The molecule has 16 heavy (non-hydrogen) atoms. The number of aryl methyl sites for hydroxylation is 2. The van der Waals surface area contributed by atoms with Crippen molar-refractivity contribution in [3.05, 3.63) is 23.5 Å². The third-order valence-corrected chi connectivity index (χ3v) is 3.30. The summed E-state index contributed by atoms with van der Waals surface area (Å²) < 4.78 is 5.89. The number of hydrogen-bond donors (Lipinski definition) is 1. The van der Waals surface area contributed by atoms with Gasteiger partial charge in [-0.1, -0.05) is 6.92 Å². The van der Waals surface area contributed by atoms with E-state index in [1.807, 2.05) is 13.1 Å². The van der Waals surface area contributed by atoms with E-state index in [2.05, 4.69) is 30.2 Å². The van der Waals surface area contributed by atoms with E-state index in [1.54, 1.807) is 0 Å². The molecule has 88 valence electrons. The predicted molar refractivity (Wildman–Crippen MR) is 64.8 cm³/mol. The fraction of sp³-hybridized carbons (Fsp3) is 0.615. The lowest BCUT2D eigenvalue weighted by molar-refractivity contribution is 0.133. The molecule has 3 heteroatoms. The molecule has 0 saturated carbocycles. The van der Waals surface area contributed by atoms with Gasteiger partial charge >= 0.3 is 0 Å². The molecule has 0 amide bonds. The highest BCUT2D eigenvalue weighted by Crippen LogP contribution is 2.19. The molecular formula is C13H20N2O. The summed E-state index contributed by atoms with van der Waals surface area (Å²) in [5.41, 5.74) is 2.37. The van der Waals surface area contributed by atoms with Gasteiger partial charge in [0.1, 0.15) is 11.9 Å². The van der Waals surface area contributed by atoms with Crippen molar-refractivity contribution in [1.29, 1.82) is 0 Å². The minimum atomic E-state index is 0.225. The molecule has 0 radical (unpaired) electrons. The van der Waals surface area contributed by atoms with Crippen LogP contribution in [0.15, 0.2) is 12.3 Å². The summed E-state index contributed by atoms with van der Waals surface area (Å²) in [7, 11) is 0. The van der Waals surface area contributed by atoms with Gasteiger partial charge in [-0.3, -0.25) is 4.98 Å². The Morgan fingerprint density at radius 2 is 2.38 bits per heavy atom. The number of rotatable bonds is 4. The zero-order valence-corrected chi connectivity index (χ0v) is 10.3. The second-order valence-corrected chi connectivity index (χ2v) is 4.44. The van der Waals surface area contributed by atoms with Gasteiger partial charge in [0.05, 0.1) is 6.20 Å². The second-order valence-electron chi connectivity index (χ2n) is 4.44. The lowest BCUT2D eigenvalue weighted by Crippen LogP contribution is -2.51. The van der Waals surface area contributed by atoms with E-state index >= 15 is 0 Å². The number of ether oxygens (including phenoxy) is 1. The Balaban J connectivity index is 2.03. The maximum absolute atomic E-state index is 5.89. The molecule has 1 saturated heterocycles. The van der Waals surface area contributed by atoms with Crippen molar-refractivity contribution in [3.63, 3.8) is 0 Å². The first-order valence-electron chi connectivity index (χ1n) is 6.06. The largest absolute Gasteiger partial charge is 0.487 e. The molecule has 0 bridgehead atoms. The molecule has 1 aromatic heterocycles. The highest BCUT2D eigenvalue weighted by Gasteiger charge is 2.24. The van der Waals surface area contributed by atoms with Gasteiger partial charge in [-0.2, -0.15) is 0 Å². The molecule has 2 atom stereocenters. The van der Waals surface area contributed by atoms with Crippen LogP contribution in [0, 0.1) is 6.92 Å². The van der Waals surface area contributed by atoms with Crippen molar-refractivity contribution in [1.82, 2.24) is 10.3 Å². The number of pyridine rings is 1. The Bertz CT molecular complexity index is 361. The molecule has 1 N–H and O–H groups in total. The summed E-state index contributed by atoms with van der Waals surface area (Å²) in [4.78, 5) is 4.36. The van der Waals surface area contributed by atoms with E-state index in [0.717, 1.165) is 24.4 Å². The van der Waals surface area contributed by atoms with Gasteiger partial charge < -0.3 is 10.1 Å². The van der Waals surface area contributed by atoms with Crippen LogP contribution in [-0.2, 0) is 6.42 Å². The van der Waals surface area contributed by atoms with Crippen LogP contribution >= 0.6 is 0 Å². The third-order valence-electron chi connectivity index (χ3n) is 3.30. The topological polar surface area (TPSA) is 34.1 Å². The van der Waals surface area contributed by atoms with E-state index in [0.29, 0.717) is 6.04 Å². The van der Waals surface area contributed by atoms with Gasteiger partial charge in [-0.05, 0) is 44.9 Å². The van der Waals surface area contributed by atoms with Crippen molar-refractivity contribution >= 4 is 0 Å². The van der Waals surface area contributed by atoms with Crippen LogP contribution in [0.1, 0.15) is 31.5 Å². The SMILES string of the molecule is CCc1cc(OC(C)[C@@H]2CCN2)cnc1C. The number of aromatic nitrogens is 1. The van der Waals surface area contributed by atoms with Crippen molar-refractivity contribution in [3.8, 4) is 5.75 Å². The predicted octanol–water partition coefficient (Wildman–Crippen LogP) is 2.08. The summed E-state index contributed by atoms with van der Waals surface area (Å²) in [6.45, 7) is 7.41. The molecule has 1 aliphatic rings. The Labute approximate surface area is 97.2 Å². The van der Waals surface area contributed by atoms with Gasteiger partial charge in [-0.15, -0.1) is 0 Å². The van der Waals surface area contributed by atoms with Crippen LogP contribution in [0.5, 0.6) is 5.75 Å². The minimum Gasteiger partial charge on any atom is -0.487 e. The maximum Gasteiger partial charge on any atom is 0.138 e. The Hall–Kier alpha value is -1.09. The number of nitrogens with one attached hydrogen (secondary N) is 1. The maximum atomic E-state index is 5.89. The van der Waals surface area contributed by atoms with Crippen LogP contribution in [0.3, 0.4) is 0 Å². The van der Waals surface area contributed by atoms with E-state index in [4.69, 9.17) is 4.74 Å². The van der Waals surface area contributed by atoms with Gasteiger partial charge in [0, 0.05) is 11.7 Å². The summed E-state index contributed by atoms with van der Waals surface area (Å²) >= 11 is 0. The Kier molecular flexibility index (Phi) is 3.44. The highest BCUT2D eigenvalue weighted by molar-refractivity contribution is 5.29. The van der Waals surface area contributed by atoms with Crippen molar-refractivity contribution < 1.29 is 4.74 Å². The summed E-state index contributed by atoms with van der Waals surface area (Å²) in [5.74, 6) is 0.892. The van der Waals surface area contributed by atoms with Gasteiger partial charge in [0.2, 0.25) is 0 Å². The van der Waals surface area contributed by atoms with E-state index in [1.165, 1.54) is 12.0 Å². The molecule has 2 rings (SSSR count). The van der Waals surface area contributed by atoms with Gasteiger partial charge in [0.25, 0.3) is 0 Å². The highest BCUT2D eigenvalue weighted by atomic mass is 16.5. The number of nitrogens with zero attached hydrogens (tertiary/aromatic N) is 1. The van der Waals surface area contributed by atoms with E-state index in [-0.39, 0.29) is 6.10 Å². The minimum absolute atomic E-state index is 0.225. The van der Waals surface area contributed by atoms with E-state index < -0.39 is 0 Å². The first-order valence-corrected chi connectivity index (χ1v) is 6.06. The van der Waals surface area contributed by atoms with Crippen molar-refractivity contribution in [2.45, 2.75) is 45.8 Å². The standard InChI is InChI=1S/C13H20N2O/c1-4-11-7-12(8-15-9(11)2)16-10(3)13-5-6-14-13/h7-8,10,13-14H,4-6H2,1-3H3/t10?,13-/m0/s1. The fourth-order valence-electron chi connectivity index (χ4n) is 1.99. The van der Waals surface area contributed by atoms with Crippen LogP contribution in [0.2, 0.25) is 0 Å². The summed E-state index contributed by atoms with van der Waals surface area (Å²) in [6.07, 6.45) is 4.26. The van der Waals surface area contributed by atoms with Crippen LogP contribution in [0.25, 0.3) is 0 Å². The molecule has 1 fully saturated rings. The molecule has 0 aromatic carbocycles. The smallest absolute Gasteiger partial charge is 0.138 e. The normalized spacial score (nSPS) is 21.3. The first-order chi connectivity index (χ1) is 7.70. The Morgan fingerprint density at radius 1 is 1.62 bits per heavy atom. The molecule has 0 aliphatic carbocycles. The van der Waals surface area contributed by atoms with Crippen molar-refractivity contribution in [2.75, 3.05) is 6.54 Å². The number of hydrogen-bond acceptors (Lipinski definition) is 3. The average molecular weight is 220 g/mol. The van der Waals surface area contributed by atoms with Crippen LogP contribution in [-0.4, -0.2) is 23.7 Å². The molecule has 1 aliphatic heterocycles. The molecule has 1 aromatic rings. The second kappa shape index (κ2) is 4.83. The Morgan fingerprint density at radius 3 is 2.94 bits per heavy atom. The van der Waals surface area contributed by atoms with Crippen LogP contribution < -0.4 is 10.1 Å².